The molecule has 0 amide bonds. The summed E-state index contributed by atoms with van der Waals surface area (Å²) in [6, 6.07) is 6.64. The van der Waals surface area contributed by atoms with E-state index in [4.69, 9.17) is 16.7 Å². The summed E-state index contributed by atoms with van der Waals surface area (Å²) in [4.78, 5) is 15.2. The lowest BCUT2D eigenvalue weighted by atomic mass is 9.97. The molecule has 0 aliphatic heterocycles. The molecule has 3 nitrogen and oxygen atoms in total. The van der Waals surface area contributed by atoms with E-state index < -0.39 is 11.9 Å². The van der Waals surface area contributed by atoms with Crippen molar-refractivity contribution < 1.29 is 18.7 Å². The monoisotopic (exact) mass is 321 g/mol. The molecule has 0 radical (unpaired) electrons. The Morgan fingerprint density at radius 1 is 1.23 bits per heavy atom. The van der Waals surface area contributed by atoms with E-state index in [2.05, 4.69) is 4.98 Å². The van der Waals surface area contributed by atoms with E-state index in [1.807, 2.05) is 0 Å². The highest BCUT2D eigenvalue weighted by atomic mass is 35.5. The van der Waals surface area contributed by atoms with Gasteiger partial charge in [0.1, 0.15) is 0 Å². The van der Waals surface area contributed by atoms with Crippen molar-refractivity contribution >= 4 is 23.6 Å². The molecule has 112 valence electrons. The van der Waals surface area contributed by atoms with Gasteiger partial charge in [-0.1, -0.05) is 23.7 Å². The third-order valence-corrected chi connectivity index (χ3v) is 3.86. The second-order valence-electron chi connectivity index (χ2n) is 4.96. The number of halogens is 3. The van der Waals surface area contributed by atoms with Crippen molar-refractivity contribution in [2.45, 2.75) is 12.3 Å². The number of aromatic carboxylic acids is 1. The maximum atomic E-state index is 14.6. The van der Waals surface area contributed by atoms with Crippen LogP contribution < -0.4 is 0 Å². The van der Waals surface area contributed by atoms with Crippen molar-refractivity contribution in [3.8, 4) is 0 Å². The molecule has 0 bridgehead atoms. The van der Waals surface area contributed by atoms with Crippen LogP contribution in [0.15, 0.2) is 42.1 Å². The normalized spacial score (nSPS) is 13.7. The molecule has 22 heavy (non-hydrogen) atoms. The first-order valence-electron chi connectivity index (χ1n) is 6.45. The fourth-order valence-electron chi connectivity index (χ4n) is 2.47. The zero-order valence-corrected chi connectivity index (χ0v) is 11.9. The summed E-state index contributed by atoms with van der Waals surface area (Å²) in [5, 5.41) is 9.51. The minimum absolute atomic E-state index is 0.00292. The number of nitrogens with zero attached hydrogens (tertiary/aromatic N) is 1. The number of carboxylic acids is 1. The quantitative estimate of drug-likeness (QED) is 0.923. The van der Waals surface area contributed by atoms with Gasteiger partial charge in [-0.2, -0.15) is 8.78 Å². The summed E-state index contributed by atoms with van der Waals surface area (Å²) in [7, 11) is 0. The van der Waals surface area contributed by atoms with Gasteiger partial charge in [-0.25, -0.2) is 4.79 Å². The molecule has 0 spiro atoms. The average Bonchev–Trinajstić information content (AvgIpc) is 2.92. The van der Waals surface area contributed by atoms with Gasteiger partial charge in [-0.3, -0.25) is 4.98 Å². The molecular weight excluding hydrogens is 312 g/mol. The largest absolute Gasteiger partial charge is 0.478 e. The van der Waals surface area contributed by atoms with Gasteiger partial charge in [0.25, 0.3) is 5.92 Å². The Morgan fingerprint density at radius 3 is 2.55 bits per heavy atom. The first-order valence-corrected chi connectivity index (χ1v) is 6.83. The van der Waals surface area contributed by atoms with Crippen LogP contribution >= 0.6 is 11.6 Å². The number of pyridine rings is 1. The molecule has 0 fully saturated rings. The summed E-state index contributed by atoms with van der Waals surface area (Å²) in [6.07, 6.45) is 2.43. The minimum Gasteiger partial charge on any atom is -0.478 e. The van der Waals surface area contributed by atoms with E-state index in [0.717, 1.165) is 0 Å². The van der Waals surface area contributed by atoms with E-state index >= 15 is 0 Å². The summed E-state index contributed by atoms with van der Waals surface area (Å²) in [5.41, 5.74) is 0.240. The molecule has 0 unspecified atom stereocenters. The van der Waals surface area contributed by atoms with Crippen LogP contribution in [0.2, 0.25) is 5.02 Å². The number of carbonyl (C=O) groups is 1. The highest BCUT2D eigenvalue weighted by molar-refractivity contribution is 6.30. The van der Waals surface area contributed by atoms with E-state index in [9.17, 15) is 13.6 Å². The highest BCUT2D eigenvalue weighted by Crippen LogP contribution is 2.42. The third-order valence-electron chi connectivity index (χ3n) is 3.61. The molecule has 1 N–H and O–H groups in total. The van der Waals surface area contributed by atoms with Crippen molar-refractivity contribution in [2.24, 2.45) is 0 Å². The van der Waals surface area contributed by atoms with Crippen molar-refractivity contribution in [1.29, 1.82) is 0 Å². The molecule has 0 atom stereocenters. The molecule has 6 heteroatoms. The van der Waals surface area contributed by atoms with Gasteiger partial charge in [-0.05, 0) is 29.8 Å². The fraction of sp³-hybridized carbons (Fsp3) is 0.125. The van der Waals surface area contributed by atoms with Gasteiger partial charge in [-0.15, -0.1) is 0 Å². The molecule has 1 aliphatic carbocycles. The number of hydrogen-bond acceptors (Lipinski definition) is 2. The maximum absolute atomic E-state index is 14.6. The molecule has 1 heterocycles. The molecule has 0 saturated heterocycles. The molecule has 2 aromatic rings. The topological polar surface area (TPSA) is 50.2 Å². The molecule has 1 aliphatic rings. The predicted octanol–water partition coefficient (Wildman–Crippen LogP) is 4.16. The number of alkyl halides is 2. The second-order valence-corrected chi connectivity index (χ2v) is 5.39. The average molecular weight is 322 g/mol. The summed E-state index contributed by atoms with van der Waals surface area (Å²) >= 11 is 5.72. The Bertz CT molecular complexity index is 785. The van der Waals surface area contributed by atoms with Crippen molar-refractivity contribution in [1.82, 2.24) is 4.98 Å². The Kier molecular flexibility index (Phi) is 3.45. The maximum Gasteiger partial charge on any atom is 0.336 e. The second kappa shape index (κ2) is 5.18. The van der Waals surface area contributed by atoms with Crippen molar-refractivity contribution in [3.05, 3.63) is 69.5 Å². The van der Waals surface area contributed by atoms with E-state index in [-0.39, 0.29) is 28.8 Å². The van der Waals surface area contributed by atoms with Gasteiger partial charge < -0.3 is 5.11 Å². The van der Waals surface area contributed by atoms with Gasteiger partial charge >= 0.3 is 5.97 Å². The van der Waals surface area contributed by atoms with Gasteiger partial charge in [0.15, 0.2) is 0 Å². The zero-order chi connectivity index (χ0) is 15.9. The standard InChI is InChI=1S/C16H10ClF2NO2/c17-11-3-1-9(2-4-11)16(18,19)10-7-13-12(15(21)22)5-6-20-14(13)8-10/h1-6,8H,7H2,(H,21,22). The van der Waals surface area contributed by atoms with E-state index in [1.54, 1.807) is 0 Å². The number of benzene rings is 1. The molecule has 1 aromatic carbocycles. The van der Waals surface area contributed by atoms with Gasteiger partial charge in [0, 0.05) is 28.8 Å². The Balaban J connectivity index is 1.99. The lowest BCUT2D eigenvalue weighted by Gasteiger charge is -2.18. The first kappa shape index (κ1) is 14.7. The Labute approximate surface area is 129 Å². The van der Waals surface area contributed by atoms with E-state index in [0.29, 0.717) is 10.6 Å². The number of rotatable bonds is 3. The fourth-order valence-corrected chi connectivity index (χ4v) is 2.60. The van der Waals surface area contributed by atoms with Crippen LogP contribution in [-0.2, 0) is 12.3 Å². The summed E-state index contributed by atoms with van der Waals surface area (Å²) in [5.74, 6) is -4.36. The zero-order valence-electron chi connectivity index (χ0n) is 11.2. The van der Waals surface area contributed by atoms with Crippen LogP contribution in [0.4, 0.5) is 8.78 Å². The molecule has 1 aromatic heterocycles. The van der Waals surface area contributed by atoms with Crippen LogP contribution in [0.25, 0.3) is 6.08 Å². The lowest BCUT2D eigenvalue weighted by Crippen LogP contribution is -2.17. The van der Waals surface area contributed by atoms with Crippen LogP contribution in [0, 0.1) is 0 Å². The minimum atomic E-state index is -3.21. The Morgan fingerprint density at radius 2 is 1.91 bits per heavy atom. The number of carboxylic acid groups (broad SMARTS) is 1. The third kappa shape index (κ3) is 2.37. The van der Waals surface area contributed by atoms with Crippen molar-refractivity contribution in [3.63, 3.8) is 0 Å². The molecule has 0 saturated carbocycles. The van der Waals surface area contributed by atoms with Gasteiger partial charge in [0.2, 0.25) is 0 Å². The van der Waals surface area contributed by atoms with Gasteiger partial charge in [0.05, 0.1) is 11.3 Å². The van der Waals surface area contributed by atoms with Crippen LogP contribution in [0.5, 0.6) is 0 Å². The molecule has 3 rings (SSSR count). The molecular formula is C16H10ClF2NO2. The Hall–Kier alpha value is -2.27. The summed E-state index contributed by atoms with van der Waals surface area (Å²) in [6.45, 7) is 0. The number of hydrogen-bond donors (Lipinski definition) is 1. The first-order chi connectivity index (χ1) is 10.4. The van der Waals surface area contributed by atoms with Crippen LogP contribution in [0.1, 0.15) is 27.2 Å². The SMILES string of the molecule is O=C(O)c1ccnc2c1CC(C(F)(F)c1ccc(Cl)cc1)=C2. The number of fused-ring (bicyclic) bond motifs is 1. The van der Waals surface area contributed by atoms with Crippen LogP contribution in [0.3, 0.4) is 0 Å². The number of aromatic nitrogens is 1. The lowest BCUT2D eigenvalue weighted by molar-refractivity contribution is 0.0371. The van der Waals surface area contributed by atoms with E-state index in [1.165, 1.54) is 42.6 Å². The number of allylic oxidation sites excluding steroid dienone is 1. The predicted molar refractivity (Wildman–Crippen MR) is 78.2 cm³/mol. The smallest absolute Gasteiger partial charge is 0.336 e. The van der Waals surface area contributed by atoms with Crippen LogP contribution in [-0.4, -0.2) is 16.1 Å². The summed E-state index contributed by atoms with van der Waals surface area (Å²) < 4.78 is 29.2. The van der Waals surface area contributed by atoms with Crippen molar-refractivity contribution in [2.75, 3.05) is 0 Å². The highest BCUT2D eigenvalue weighted by Gasteiger charge is 2.39.